The number of piperidine rings is 1. The molecule has 5 heterocycles. The second-order valence-electron chi connectivity index (χ2n) is 11.2. The van der Waals surface area contributed by atoms with Crippen LogP contribution in [0.5, 0.6) is 0 Å². The second kappa shape index (κ2) is 11.6. The lowest BCUT2D eigenvalue weighted by molar-refractivity contribution is -0.134. The van der Waals surface area contributed by atoms with Crippen LogP contribution in [0.1, 0.15) is 56.0 Å². The molecule has 3 saturated heterocycles. The van der Waals surface area contributed by atoms with Crippen molar-refractivity contribution in [1.29, 1.82) is 0 Å². The van der Waals surface area contributed by atoms with Crippen LogP contribution in [0.2, 0.25) is 0 Å². The quantitative estimate of drug-likeness (QED) is 0.491. The normalized spacial score (nSPS) is 24.1. The van der Waals surface area contributed by atoms with Gasteiger partial charge in [-0.25, -0.2) is 23.4 Å². The first-order chi connectivity index (χ1) is 19.9. The Hall–Kier alpha value is -3.80. The number of hydrogen-bond donors (Lipinski definition) is 2. The summed E-state index contributed by atoms with van der Waals surface area (Å²) in [4.78, 5) is 49.9. The van der Waals surface area contributed by atoms with Crippen molar-refractivity contribution in [2.75, 3.05) is 32.8 Å². The molecule has 0 aliphatic carbocycles. The monoisotopic (exact) mass is 568 g/mol. The predicted octanol–water partition coefficient (Wildman–Crippen LogP) is 3.30. The van der Waals surface area contributed by atoms with Gasteiger partial charge in [-0.3, -0.25) is 14.3 Å². The number of imidazole rings is 1. The molecule has 10 nitrogen and oxygen atoms in total. The molecule has 0 unspecified atom stereocenters. The first kappa shape index (κ1) is 27.4. The molecule has 3 aromatic rings. The van der Waals surface area contributed by atoms with Gasteiger partial charge < -0.3 is 19.9 Å². The van der Waals surface area contributed by atoms with Crippen LogP contribution < -0.4 is 11.0 Å². The van der Waals surface area contributed by atoms with Crippen LogP contribution in [0, 0.1) is 11.6 Å². The highest BCUT2D eigenvalue weighted by atomic mass is 19.2. The van der Waals surface area contributed by atoms with E-state index in [0.29, 0.717) is 57.6 Å². The lowest BCUT2D eigenvalue weighted by Crippen LogP contribution is -2.53. The summed E-state index contributed by atoms with van der Waals surface area (Å²) in [6, 6.07) is 6.56. The number of hydrogen-bond acceptors (Lipinski definition) is 5. The zero-order valence-electron chi connectivity index (χ0n) is 22.7. The molecule has 3 aliphatic heterocycles. The van der Waals surface area contributed by atoms with E-state index < -0.39 is 23.6 Å². The Bertz CT molecular complexity index is 1480. The fourth-order valence-corrected chi connectivity index (χ4v) is 6.47. The molecule has 12 heteroatoms. The number of pyridine rings is 1. The predicted molar refractivity (Wildman–Crippen MR) is 146 cm³/mol. The van der Waals surface area contributed by atoms with Gasteiger partial charge in [-0.2, -0.15) is 0 Å². The Labute approximate surface area is 235 Å². The van der Waals surface area contributed by atoms with E-state index in [1.165, 1.54) is 6.07 Å². The van der Waals surface area contributed by atoms with Crippen molar-refractivity contribution in [1.82, 2.24) is 29.7 Å². The molecule has 41 heavy (non-hydrogen) atoms. The number of amides is 3. The Morgan fingerprint density at radius 1 is 1.07 bits per heavy atom. The maximum Gasteiger partial charge on any atom is 0.327 e. The first-order valence-electron chi connectivity index (χ1n) is 14.3. The summed E-state index contributed by atoms with van der Waals surface area (Å²) in [6.07, 6.45) is 5.13. The fourth-order valence-electron chi connectivity index (χ4n) is 6.47. The molecule has 2 aromatic heterocycles. The fraction of sp³-hybridized carbons (Fsp3) is 0.517. The van der Waals surface area contributed by atoms with E-state index in [4.69, 9.17) is 4.74 Å². The average molecular weight is 569 g/mol. The van der Waals surface area contributed by atoms with Crippen LogP contribution >= 0.6 is 0 Å². The van der Waals surface area contributed by atoms with Gasteiger partial charge in [0.2, 0.25) is 5.91 Å². The molecule has 3 aliphatic rings. The van der Waals surface area contributed by atoms with Crippen LogP contribution in [-0.4, -0.2) is 81.2 Å². The average Bonchev–Trinajstić information content (AvgIpc) is 3.58. The van der Waals surface area contributed by atoms with Gasteiger partial charge in [-0.1, -0.05) is 12.1 Å². The van der Waals surface area contributed by atoms with Gasteiger partial charge >= 0.3 is 11.7 Å². The summed E-state index contributed by atoms with van der Waals surface area (Å²) in [6.45, 7) is 2.05. The zero-order valence-corrected chi connectivity index (χ0v) is 22.7. The third kappa shape index (κ3) is 5.57. The van der Waals surface area contributed by atoms with Gasteiger partial charge in [-0.05, 0) is 62.3 Å². The van der Waals surface area contributed by atoms with E-state index in [1.807, 2.05) is 6.07 Å². The Morgan fingerprint density at radius 2 is 1.90 bits per heavy atom. The molecule has 218 valence electrons. The number of benzene rings is 1. The number of urea groups is 1. The molecule has 0 radical (unpaired) electrons. The van der Waals surface area contributed by atoms with Gasteiger partial charge in [0.1, 0.15) is 6.04 Å². The molecule has 3 atom stereocenters. The summed E-state index contributed by atoms with van der Waals surface area (Å²) in [5.74, 6) is -2.45. The highest BCUT2D eigenvalue weighted by Crippen LogP contribution is 2.31. The molecule has 3 fully saturated rings. The number of nitrogens with zero attached hydrogens (tertiary/aromatic N) is 4. The Morgan fingerprint density at radius 3 is 2.68 bits per heavy atom. The number of nitrogens with one attached hydrogen (secondary N) is 2. The van der Waals surface area contributed by atoms with Crippen molar-refractivity contribution < 1.29 is 23.1 Å². The van der Waals surface area contributed by atoms with Crippen molar-refractivity contribution in [2.45, 2.75) is 62.6 Å². The molecular weight excluding hydrogens is 534 g/mol. The molecule has 0 saturated carbocycles. The van der Waals surface area contributed by atoms with E-state index >= 15 is 0 Å². The van der Waals surface area contributed by atoms with Crippen molar-refractivity contribution in [3.8, 4) is 0 Å². The number of aromatic nitrogens is 3. The number of aromatic amines is 1. The smallest absolute Gasteiger partial charge is 0.327 e. The lowest BCUT2D eigenvalue weighted by atomic mass is 9.93. The van der Waals surface area contributed by atoms with Crippen LogP contribution in [0.25, 0.3) is 11.2 Å². The third-order valence-electron chi connectivity index (χ3n) is 8.63. The molecule has 0 bridgehead atoms. The molecule has 1 aromatic carbocycles. The molecule has 6 rings (SSSR count). The second-order valence-corrected chi connectivity index (χ2v) is 11.2. The number of ether oxygens (including phenoxy) is 1. The Kier molecular flexibility index (Phi) is 7.74. The maximum absolute atomic E-state index is 14.7. The molecular formula is C29H34F2N6O4. The minimum Gasteiger partial charge on any atom is -0.376 e. The summed E-state index contributed by atoms with van der Waals surface area (Å²) >= 11 is 0. The number of carbonyl (C=O) groups is 2. The first-order valence-corrected chi connectivity index (χ1v) is 14.3. The van der Waals surface area contributed by atoms with Crippen LogP contribution in [0.4, 0.5) is 13.6 Å². The molecule has 3 amide bonds. The zero-order chi connectivity index (χ0) is 28.5. The SMILES string of the molecule is O=C(N[C@@H]1CC[C@@H](c2cccc(F)c2F)CN(C[C@H]2CCCO2)C1=O)N1CCC(n2c(=O)[nH]c3ncccc32)CC1. The van der Waals surface area contributed by atoms with Crippen LogP contribution in [0.3, 0.4) is 0 Å². The van der Waals surface area contributed by atoms with Gasteiger partial charge in [0, 0.05) is 50.9 Å². The highest BCUT2D eigenvalue weighted by molar-refractivity contribution is 5.87. The van der Waals surface area contributed by atoms with Crippen LogP contribution in [0.15, 0.2) is 41.3 Å². The number of carbonyl (C=O) groups excluding carboxylic acids is 2. The van der Waals surface area contributed by atoms with Crippen molar-refractivity contribution >= 4 is 23.1 Å². The number of rotatable bonds is 5. The van der Waals surface area contributed by atoms with Crippen molar-refractivity contribution in [3.05, 3.63) is 64.2 Å². The van der Waals surface area contributed by atoms with Gasteiger partial charge in [0.05, 0.1) is 11.6 Å². The standard InChI is InChI=1S/C29H34F2N6O4/c30-22-6-1-5-21(25(22)31)18-8-9-23(27(38)36(16-18)17-20-4-3-15-41-20)33-28(39)35-13-10-19(11-14-35)37-24-7-2-12-32-26(24)34-29(37)40/h1-2,5-7,12,18-20,23H,3-4,8-11,13-17H2,(H,33,39)(H,32,34,40)/t18-,20-,23-/m1/s1. The number of halogens is 2. The summed E-state index contributed by atoms with van der Waals surface area (Å²) in [7, 11) is 0. The van der Waals surface area contributed by atoms with Crippen LogP contribution in [-0.2, 0) is 9.53 Å². The number of likely N-dealkylation sites (tertiary alicyclic amines) is 2. The van der Waals surface area contributed by atoms with E-state index in [-0.39, 0.29) is 41.9 Å². The van der Waals surface area contributed by atoms with Crippen molar-refractivity contribution in [2.24, 2.45) is 0 Å². The molecule has 2 N–H and O–H groups in total. The summed E-state index contributed by atoms with van der Waals surface area (Å²) < 4.78 is 36.3. The summed E-state index contributed by atoms with van der Waals surface area (Å²) in [5.41, 5.74) is 1.29. The number of H-pyrrole nitrogens is 1. The van der Waals surface area contributed by atoms with E-state index in [2.05, 4.69) is 15.3 Å². The largest absolute Gasteiger partial charge is 0.376 e. The van der Waals surface area contributed by atoms with E-state index in [9.17, 15) is 23.2 Å². The Balaban J connectivity index is 1.14. The third-order valence-corrected chi connectivity index (χ3v) is 8.63. The van der Waals surface area contributed by atoms with Gasteiger partial charge in [0.15, 0.2) is 17.3 Å². The molecule has 0 spiro atoms. The topological polar surface area (TPSA) is 113 Å². The van der Waals surface area contributed by atoms with E-state index in [0.717, 1.165) is 24.4 Å². The number of fused-ring (bicyclic) bond motifs is 1. The summed E-state index contributed by atoms with van der Waals surface area (Å²) in [5, 5.41) is 2.92. The maximum atomic E-state index is 14.7. The van der Waals surface area contributed by atoms with Gasteiger partial charge in [-0.15, -0.1) is 0 Å². The van der Waals surface area contributed by atoms with Crippen molar-refractivity contribution in [3.63, 3.8) is 0 Å². The van der Waals surface area contributed by atoms with E-state index in [1.54, 1.807) is 32.7 Å². The minimum absolute atomic E-state index is 0.0761. The lowest BCUT2D eigenvalue weighted by Gasteiger charge is -2.34. The minimum atomic E-state index is -0.914. The highest BCUT2D eigenvalue weighted by Gasteiger charge is 2.37. The van der Waals surface area contributed by atoms with Gasteiger partial charge in [0.25, 0.3) is 0 Å².